The van der Waals surface area contributed by atoms with Gasteiger partial charge in [-0.2, -0.15) is 0 Å². The van der Waals surface area contributed by atoms with E-state index < -0.39 is 0 Å². The van der Waals surface area contributed by atoms with E-state index in [1.807, 2.05) is 26.0 Å². The second-order valence-electron chi connectivity index (χ2n) is 6.86. The lowest BCUT2D eigenvalue weighted by molar-refractivity contribution is -0.121. The summed E-state index contributed by atoms with van der Waals surface area (Å²) < 4.78 is 13.6. The second kappa shape index (κ2) is 8.16. The smallest absolute Gasteiger partial charge is 0.251 e. The molecule has 2 aromatic carbocycles. The Hall–Kier alpha value is -2.95. The van der Waals surface area contributed by atoms with E-state index in [0.717, 1.165) is 22.0 Å². The van der Waals surface area contributed by atoms with E-state index in [2.05, 4.69) is 16.4 Å². The molecule has 0 bridgehead atoms. The van der Waals surface area contributed by atoms with Gasteiger partial charge in [0.1, 0.15) is 5.82 Å². The fourth-order valence-corrected chi connectivity index (χ4v) is 3.28. The van der Waals surface area contributed by atoms with Crippen molar-refractivity contribution in [2.45, 2.75) is 33.1 Å². The zero-order chi connectivity index (χ0) is 19.4. The molecule has 0 radical (unpaired) electrons. The van der Waals surface area contributed by atoms with Crippen LogP contribution >= 0.6 is 0 Å². The number of rotatable bonds is 6. The van der Waals surface area contributed by atoms with Crippen molar-refractivity contribution in [3.8, 4) is 0 Å². The maximum Gasteiger partial charge on any atom is 0.251 e. The molecule has 1 heterocycles. The van der Waals surface area contributed by atoms with Gasteiger partial charge in [-0.3, -0.25) is 9.59 Å². The first kappa shape index (κ1) is 18.8. The molecule has 27 heavy (non-hydrogen) atoms. The van der Waals surface area contributed by atoms with Crippen LogP contribution in [0.15, 0.2) is 47.3 Å². The minimum absolute atomic E-state index is 0.147. The van der Waals surface area contributed by atoms with Crippen LogP contribution in [-0.4, -0.2) is 17.4 Å². The molecule has 0 fully saturated rings. The molecule has 0 aliphatic heterocycles. The molecule has 3 aromatic rings. The molecule has 0 unspecified atom stereocenters. The number of nitrogens with one attached hydrogen (secondary N) is 2. The summed E-state index contributed by atoms with van der Waals surface area (Å²) in [7, 11) is 0. The summed E-state index contributed by atoms with van der Waals surface area (Å²) in [5, 5.41) is 3.78. The number of benzene rings is 2. The molecule has 140 valence electrons. The highest BCUT2D eigenvalue weighted by Gasteiger charge is 2.09. The Labute approximate surface area is 157 Å². The van der Waals surface area contributed by atoms with Gasteiger partial charge in [0.25, 0.3) is 5.56 Å². The van der Waals surface area contributed by atoms with Crippen LogP contribution < -0.4 is 10.9 Å². The summed E-state index contributed by atoms with van der Waals surface area (Å²) in [5.74, 6) is -0.411. The monoisotopic (exact) mass is 366 g/mol. The van der Waals surface area contributed by atoms with Crippen molar-refractivity contribution in [1.29, 1.82) is 0 Å². The molecular formula is C22H23FN2O2. The molecule has 5 heteroatoms. The molecular weight excluding hydrogens is 343 g/mol. The molecule has 3 rings (SSSR count). The van der Waals surface area contributed by atoms with Crippen LogP contribution in [-0.2, 0) is 17.6 Å². The van der Waals surface area contributed by atoms with E-state index in [0.29, 0.717) is 30.5 Å². The SMILES string of the molecule is Cc1cc(C)c2cc(CCC(=O)NCCc3ccccc3F)c(=O)[nH]c2c1. The molecule has 0 saturated heterocycles. The number of aromatic amines is 1. The van der Waals surface area contributed by atoms with Crippen LogP contribution in [0, 0.1) is 19.7 Å². The third-order valence-corrected chi connectivity index (χ3v) is 4.69. The molecule has 2 N–H and O–H groups in total. The second-order valence-corrected chi connectivity index (χ2v) is 6.86. The van der Waals surface area contributed by atoms with Crippen molar-refractivity contribution in [2.75, 3.05) is 6.54 Å². The summed E-state index contributed by atoms with van der Waals surface area (Å²) in [6.07, 6.45) is 1.02. The van der Waals surface area contributed by atoms with Gasteiger partial charge in [0, 0.05) is 29.4 Å². The first-order valence-electron chi connectivity index (χ1n) is 9.07. The third kappa shape index (κ3) is 4.61. The lowest BCUT2D eigenvalue weighted by Gasteiger charge is -2.08. The number of amides is 1. The zero-order valence-electron chi connectivity index (χ0n) is 15.6. The molecule has 0 atom stereocenters. The van der Waals surface area contributed by atoms with Crippen molar-refractivity contribution < 1.29 is 9.18 Å². The maximum atomic E-state index is 13.6. The van der Waals surface area contributed by atoms with Crippen LogP contribution in [0.4, 0.5) is 4.39 Å². The number of pyridine rings is 1. The Morgan fingerprint density at radius 1 is 1.07 bits per heavy atom. The van der Waals surface area contributed by atoms with E-state index in [-0.39, 0.29) is 23.7 Å². The predicted molar refractivity (Wildman–Crippen MR) is 105 cm³/mol. The van der Waals surface area contributed by atoms with Gasteiger partial charge >= 0.3 is 0 Å². The molecule has 0 spiro atoms. The number of carbonyl (C=O) groups excluding carboxylic acids is 1. The van der Waals surface area contributed by atoms with Gasteiger partial charge < -0.3 is 10.3 Å². The quantitative estimate of drug-likeness (QED) is 0.700. The van der Waals surface area contributed by atoms with Gasteiger partial charge in [0.15, 0.2) is 0 Å². The number of aryl methyl sites for hydroxylation is 3. The van der Waals surface area contributed by atoms with E-state index in [1.54, 1.807) is 18.2 Å². The summed E-state index contributed by atoms with van der Waals surface area (Å²) in [6, 6.07) is 12.4. The van der Waals surface area contributed by atoms with Crippen LogP contribution in [0.3, 0.4) is 0 Å². The van der Waals surface area contributed by atoms with Crippen molar-refractivity contribution >= 4 is 16.8 Å². The first-order chi connectivity index (χ1) is 12.9. The average molecular weight is 366 g/mol. The average Bonchev–Trinajstić information content (AvgIpc) is 2.61. The minimum atomic E-state index is -0.264. The van der Waals surface area contributed by atoms with Crippen LogP contribution in [0.5, 0.6) is 0 Å². The van der Waals surface area contributed by atoms with Crippen LogP contribution in [0.1, 0.15) is 28.7 Å². The molecule has 0 aliphatic carbocycles. The number of fused-ring (bicyclic) bond motifs is 1. The van der Waals surface area contributed by atoms with Gasteiger partial charge in [-0.25, -0.2) is 4.39 Å². The van der Waals surface area contributed by atoms with Gasteiger partial charge in [0.2, 0.25) is 5.91 Å². The predicted octanol–water partition coefficient (Wildman–Crippen LogP) is 3.58. The standard InChI is InChI=1S/C22H23FN2O2/c1-14-11-15(2)18-13-17(22(27)25-20(18)12-14)7-8-21(26)24-10-9-16-5-3-4-6-19(16)23/h3-6,11-13H,7-10H2,1-2H3,(H,24,26)(H,25,27). The Balaban J connectivity index is 1.59. The number of aromatic nitrogens is 1. The Bertz CT molecular complexity index is 1040. The number of carbonyl (C=O) groups is 1. The normalized spacial score (nSPS) is 10.9. The maximum absolute atomic E-state index is 13.6. The van der Waals surface area contributed by atoms with Gasteiger partial charge in [0.05, 0.1) is 0 Å². The fourth-order valence-electron chi connectivity index (χ4n) is 3.28. The van der Waals surface area contributed by atoms with Crippen molar-refractivity contribution in [3.05, 3.63) is 80.9 Å². The molecule has 1 aromatic heterocycles. The Morgan fingerprint density at radius 3 is 2.63 bits per heavy atom. The van der Waals surface area contributed by atoms with Crippen molar-refractivity contribution in [3.63, 3.8) is 0 Å². The topological polar surface area (TPSA) is 62.0 Å². The summed E-state index contributed by atoms with van der Waals surface area (Å²) in [6.45, 7) is 4.36. The lowest BCUT2D eigenvalue weighted by atomic mass is 10.0. The fraction of sp³-hybridized carbons (Fsp3) is 0.273. The summed E-state index contributed by atoms with van der Waals surface area (Å²) in [5.41, 5.74) is 4.02. The third-order valence-electron chi connectivity index (χ3n) is 4.69. The first-order valence-corrected chi connectivity index (χ1v) is 9.07. The highest BCUT2D eigenvalue weighted by atomic mass is 19.1. The number of hydrogen-bond donors (Lipinski definition) is 2. The number of halogens is 1. The number of hydrogen-bond acceptors (Lipinski definition) is 2. The van der Waals surface area contributed by atoms with E-state index >= 15 is 0 Å². The van der Waals surface area contributed by atoms with E-state index in [1.165, 1.54) is 6.07 Å². The Kier molecular flexibility index (Phi) is 5.69. The van der Waals surface area contributed by atoms with Crippen LogP contribution in [0.25, 0.3) is 10.9 Å². The summed E-state index contributed by atoms with van der Waals surface area (Å²) >= 11 is 0. The number of H-pyrrole nitrogens is 1. The van der Waals surface area contributed by atoms with Crippen molar-refractivity contribution in [2.24, 2.45) is 0 Å². The van der Waals surface area contributed by atoms with Crippen molar-refractivity contribution in [1.82, 2.24) is 10.3 Å². The van der Waals surface area contributed by atoms with E-state index in [4.69, 9.17) is 0 Å². The summed E-state index contributed by atoms with van der Waals surface area (Å²) in [4.78, 5) is 27.2. The van der Waals surface area contributed by atoms with Gasteiger partial charge in [-0.1, -0.05) is 24.3 Å². The van der Waals surface area contributed by atoms with Crippen LogP contribution in [0.2, 0.25) is 0 Å². The molecule has 1 amide bonds. The van der Waals surface area contributed by atoms with E-state index in [9.17, 15) is 14.0 Å². The zero-order valence-corrected chi connectivity index (χ0v) is 15.6. The van der Waals surface area contributed by atoms with Gasteiger partial charge in [-0.15, -0.1) is 0 Å². The lowest BCUT2D eigenvalue weighted by Crippen LogP contribution is -2.27. The molecule has 0 aliphatic rings. The molecule has 0 saturated carbocycles. The van der Waals surface area contributed by atoms with Gasteiger partial charge in [-0.05, 0) is 61.6 Å². The molecule has 4 nitrogen and oxygen atoms in total. The largest absolute Gasteiger partial charge is 0.356 e. The Morgan fingerprint density at radius 2 is 1.85 bits per heavy atom. The highest BCUT2D eigenvalue weighted by Crippen LogP contribution is 2.18. The highest BCUT2D eigenvalue weighted by molar-refractivity contribution is 5.83. The minimum Gasteiger partial charge on any atom is -0.356 e.